The van der Waals surface area contributed by atoms with E-state index < -0.39 is 0 Å². The van der Waals surface area contributed by atoms with Gasteiger partial charge >= 0.3 is 0 Å². The highest BCUT2D eigenvalue weighted by Crippen LogP contribution is 1.93. The lowest BCUT2D eigenvalue weighted by atomic mass is 10.3. The van der Waals surface area contributed by atoms with Crippen LogP contribution in [-0.2, 0) is 7.05 Å². The van der Waals surface area contributed by atoms with Gasteiger partial charge in [-0.3, -0.25) is 9.58 Å². The molecule has 0 aromatic carbocycles. The predicted octanol–water partition coefficient (Wildman–Crippen LogP) is -0.323. The largest absolute Gasteiger partial charge is 0.314 e. The van der Waals surface area contributed by atoms with Crippen LogP contribution in [-0.4, -0.2) is 47.4 Å². The van der Waals surface area contributed by atoms with Crippen LogP contribution < -0.4 is 5.32 Å². The van der Waals surface area contributed by atoms with Gasteiger partial charge in [0.1, 0.15) is 5.69 Å². The summed E-state index contributed by atoms with van der Waals surface area (Å²) in [6, 6.07) is 1.94. The van der Waals surface area contributed by atoms with Crippen molar-refractivity contribution in [2.75, 3.05) is 32.7 Å². The molecule has 0 atom stereocenters. The van der Waals surface area contributed by atoms with Gasteiger partial charge in [-0.2, -0.15) is 5.10 Å². The standard InChI is InChI=1S/C11H16N4/c1-14-11(4-5-13-14)3-2-8-15-9-6-12-7-10-15/h4-5,12H,6-10H2,1H3. The number of nitrogens with zero attached hydrogens (tertiary/aromatic N) is 3. The molecule has 0 spiro atoms. The van der Waals surface area contributed by atoms with Gasteiger partial charge in [0.15, 0.2) is 0 Å². The van der Waals surface area contributed by atoms with Gasteiger partial charge < -0.3 is 5.32 Å². The number of hydrogen-bond acceptors (Lipinski definition) is 3. The number of aromatic nitrogens is 2. The molecule has 2 rings (SSSR count). The Hall–Kier alpha value is -1.31. The highest BCUT2D eigenvalue weighted by molar-refractivity contribution is 5.26. The SMILES string of the molecule is Cn1nccc1C#CCN1CCNCC1. The molecule has 0 unspecified atom stereocenters. The third-order valence-electron chi connectivity index (χ3n) is 2.55. The van der Waals surface area contributed by atoms with E-state index in [-0.39, 0.29) is 0 Å². The minimum Gasteiger partial charge on any atom is -0.314 e. The second-order valence-corrected chi connectivity index (χ2v) is 3.67. The van der Waals surface area contributed by atoms with Crippen molar-refractivity contribution in [3.8, 4) is 11.8 Å². The molecule has 15 heavy (non-hydrogen) atoms. The van der Waals surface area contributed by atoms with Crippen LogP contribution in [0, 0.1) is 11.8 Å². The van der Waals surface area contributed by atoms with Crippen LogP contribution >= 0.6 is 0 Å². The highest BCUT2D eigenvalue weighted by Gasteiger charge is 2.06. The molecule has 0 amide bonds. The maximum Gasteiger partial charge on any atom is 0.110 e. The molecule has 1 aliphatic rings. The minimum atomic E-state index is 0.854. The maximum atomic E-state index is 4.07. The Labute approximate surface area is 90.3 Å². The average molecular weight is 204 g/mol. The molecule has 1 aliphatic heterocycles. The minimum absolute atomic E-state index is 0.854. The smallest absolute Gasteiger partial charge is 0.110 e. The van der Waals surface area contributed by atoms with Crippen LogP contribution in [0.15, 0.2) is 12.3 Å². The van der Waals surface area contributed by atoms with Gasteiger partial charge in [0.05, 0.1) is 12.7 Å². The summed E-state index contributed by atoms with van der Waals surface area (Å²) in [6.07, 6.45) is 1.77. The van der Waals surface area contributed by atoms with E-state index in [2.05, 4.69) is 27.2 Å². The van der Waals surface area contributed by atoms with E-state index in [4.69, 9.17) is 0 Å². The Morgan fingerprint density at radius 2 is 2.27 bits per heavy atom. The van der Waals surface area contributed by atoms with Crippen LogP contribution in [0.4, 0.5) is 0 Å². The van der Waals surface area contributed by atoms with Crippen molar-refractivity contribution in [3.63, 3.8) is 0 Å². The topological polar surface area (TPSA) is 33.1 Å². The number of rotatable bonds is 1. The van der Waals surface area contributed by atoms with Gasteiger partial charge in [-0.1, -0.05) is 5.92 Å². The lowest BCUT2D eigenvalue weighted by Gasteiger charge is -2.24. The number of aryl methyl sites for hydroxylation is 1. The molecule has 2 heterocycles. The third-order valence-corrected chi connectivity index (χ3v) is 2.55. The van der Waals surface area contributed by atoms with Crippen LogP contribution in [0.5, 0.6) is 0 Å². The molecule has 0 radical (unpaired) electrons. The molecule has 1 aromatic rings. The Kier molecular flexibility index (Phi) is 3.38. The quantitative estimate of drug-likeness (QED) is 0.636. The molecular weight excluding hydrogens is 188 g/mol. The maximum absolute atomic E-state index is 4.07. The zero-order valence-electron chi connectivity index (χ0n) is 9.03. The van der Waals surface area contributed by atoms with Crippen molar-refractivity contribution >= 4 is 0 Å². The molecule has 1 fully saturated rings. The van der Waals surface area contributed by atoms with E-state index in [0.717, 1.165) is 38.4 Å². The first kappa shape index (κ1) is 10.2. The Balaban J connectivity index is 1.87. The number of nitrogens with one attached hydrogen (secondary N) is 1. The summed E-state index contributed by atoms with van der Waals surface area (Å²) in [6.45, 7) is 5.20. The summed E-state index contributed by atoms with van der Waals surface area (Å²) >= 11 is 0. The van der Waals surface area contributed by atoms with Crippen LogP contribution in [0.3, 0.4) is 0 Å². The van der Waals surface area contributed by atoms with Gasteiger partial charge in [0.2, 0.25) is 0 Å². The first-order chi connectivity index (χ1) is 7.36. The summed E-state index contributed by atoms with van der Waals surface area (Å²) in [7, 11) is 1.91. The van der Waals surface area contributed by atoms with E-state index in [9.17, 15) is 0 Å². The van der Waals surface area contributed by atoms with E-state index in [1.54, 1.807) is 10.9 Å². The molecular formula is C11H16N4. The zero-order valence-corrected chi connectivity index (χ0v) is 9.03. The van der Waals surface area contributed by atoms with Gasteiger partial charge in [-0.05, 0) is 12.0 Å². The Morgan fingerprint density at radius 3 is 2.93 bits per heavy atom. The predicted molar refractivity (Wildman–Crippen MR) is 59.4 cm³/mol. The van der Waals surface area contributed by atoms with E-state index >= 15 is 0 Å². The lowest BCUT2D eigenvalue weighted by molar-refractivity contribution is 0.268. The molecule has 4 heteroatoms. The van der Waals surface area contributed by atoms with Crippen molar-refractivity contribution in [2.24, 2.45) is 7.05 Å². The monoisotopic (exact) mass is 204 g/mol. The van der Waals surface area contributed by atoms with Crippen molar-refractivity contribution in [1.82, 2.24) is 20.0 Å². The summed E-state index contributed by atoms with van der Waals surface area (Å²) in [5.41, 5.74) is 0.977. The molecule has 1 aromatic heterocycles. The molecule has 1 N–H and O–H groups in total. The van der Waals surface area contributed by atoms with Gasteiger partial charge in [0, 0.05) is 33.2 Å². The van der Waals surface area contributed by atoms with E-state index in [1.165, 1.54) is 0 Å². The van der Waals surface area contributed by atoms with E-state index in [1.807, 2.05) is 13.1 Å². The van der Waals surface area contributed by atoms with Gasteiger partial charge in [-0.25, -0.2) is 0 Å². The Morgan fingerprint density at radius 1 is 1.47 bits per heavy atom. The highest BCUT2D eigenvalue weighted by atomic mass is 15.2. The van der Waals surface area contributed by atoms with Crippen LogP contribution in [0.25, 0.3) is 0 Å². The summed E-state index contributed by atoms with van der Waals surface area (Å²) in [5, 5.41) is 7.40. The fourth-order valence-corrected chi connectivity index (χ4v) is 1.61. The van der Waals surface area contributed by atoms with Crippen molar-refractivity contribution < 1.29 is 0 Å². The number of hydrogen-bond donors (Lipinski definition) is 1. The van der Waals surface area contributed by atoms with E-state index in [0.29, 0.717) is 0 Å². The van der Waals surface area contributed by atoms with Gasteiger partial charge in [0.25, 0.3) is 0 Å². The number of piperazine rings is 1. The first-order valence-electron chi connectivity index (χ1n) is 5.26. The van der Waals surface area contributed by atoms with Crippen molar-refractivity contribution in [1.29, 1.82) is 0 Å². The normalized spacial score (nSPS) is 17.1. The van der Waals surface area contributed by atoms with Crippen molar-refractivity contribution in [2.45, 2.75) is 0 Å². The lowest BCUT2D eigenvalue weighted by Crippen LogP contribution is -2.43. The Bertz CT molecular complexity index is 365. The first-order valence-corrected chi connectivity index (χ1v) is 5.26. The second-order valence-electron chi connectivity index (χ2n) is 3.67. The molecule has 4 nitrogen and oxygen atoms in total. The fourth-order valence-electron chi connectivity index (χ4n) is 1.61. The van der Waals surface area contributed by atoms with Crippen molar-refractivity contribution in [3.05, 3.63) is 18.0 Å². The summed E-state index contributed by atoms with van der Waals surface area (Å²) in [4.78, 5) is 2.36. The molecule has 0 saturated carbocycles. The summed E-state index contributed by atoms with van der Waals surface area (Å²) < 4.78 is 1.80. The molecule has 0 aliphatic carbocycles. The summed E-state index contributed by atoms with van der Waals surface area (Å²) in [5.74, 6) is 6.31. The molecule has 1 saturated heterocycles. The van der Waals surface area contributed by atoms with Gasteiger partial charge in [-0.15, -0.1) is 0 Å². The van der Waals surface area contributed by atoms with Crippen LogP contribution in [0.1, 0.15) is 5.69 Å². The van der Waals surface area contributed by atoms with Crippen LogP contribution in [0.2, 0.25) is 0 Å². The molecule has 0 bridgehead atoms. The fraction of sp³-hybridized carbons (Fsp3) is 0.545. The average Bonchev–Trinajstić information content (AvgIpc) is 2.66. The third kappa shape index (κ3) is 2.82. The zero-order chi connectivity index (χ0) is 10.5. The second kappa shape index (κ2) is 4.96. The molecule has 80 valence electrons.